The molecule has 2 rings (SSSR count). The first kappa shape index (κ1) is 18.1. The van der Waals surface area contributed by atoms with E-state index in [-0.39, 0.29) is 29.7 Å². The van der Waals surface area contributed by atoms with Gasteiger partial charge in [-0.05, 0) is 30.5 Å². The van der Waals surface area contributed by atoms with Crippen LogP contribution in [0.1, 0.15) is 37.0 Å². The van der Waals surface area contributed by atoms with Crippen molar-refractivity contribution in [2.75, 3.05) is 6.54 Å². The highest BCUT2D eigenvalue weighted by molar-refractivity contribution is 5.76. The summed E-state index contributed by atoms with van der Waals surface area (Å²) in [6.45, 7) is 6.64. The van der Waals surface area contributed by atoms with Crippen molar-refractivity contribution >= 4 is 5.91 Å². The Morgan fingerprint density at radius 2 is 1.75 bits per heavy atom. The second kappa shape index (κ2) is 7.56. The number of nitrogens with one attached hydrogen (secondary N) is 1. The van der Waals surface area contributed by atoms with E-state index < -0.39 is 11.6 Å². The maximum Gasteiger partial charge on any atom is 0.220 e. The van der Waals surface area contributed by atoms with Gasteiger partial charge in [0.25, 0.3) is 0 Å². The molecule has 2 nitrogen and oxygen atoms in total. The summed E-state index contributed by atoms with van der Waals surface area (Å²) in [5.41, 5.74) is 2.36. The monoisotopic (exact) mass is 331 g/mol. The average Bonchev–Trinajstić information content (AvgIpc) is 2.55. The molecule has 0 saturated heterocycles. The van der Waals surface area contributed by atoms with E-state index in [0.29, 0.717) is 6.54 Å². The van der Waals surface area contributed by atoms with Crippen LogP contribution in [0.15, 0.2) is 42.5 Å². The number of halogens is 2. The minimum atomic E-state index is -0.881. The molecule has 0 aromatic heterocycles. The molecule has 0 unspecified atom stereocenters. The van der Waals surface area contributed by atoms with Crippen LogP contribution in [0.2, 0.25) is 0 Å². The van der Waals surface area contributed by atoms with E-state index in [1.54, 1.807) is 0 Å². The van der Waals surface area contributed by atoms with Crippen molar-refractivity contribution in [3.8, 4) is 0 Å². The second-order valence-electron chi connectivity index (χ2n) is 6.74. The van der Waals surface area contributed by atoms with Gasteiger partial charge in [0.05, 0.1) is 0 Å². The average molecular weight is 331 g/mol. The summed E-state index contributed by atoms with van der Waals surface area (Å²) in [6, 6.07) is 12.2. The zero-order valence-corrected chi connectivity index (χ0v) is 14.3. The van der Waals surface area contributed by atoms with E-state index in [1.165, 1.54) is 17.7 Å². The third-order valence-electron chi connectivity index (χ3n) is 4.21. The maximum absolute atomic E-state index is 13.6. The lowest BCUT2D eigenvalue weighted by Crippen LogP contribution is -2.36. The third-order valence-corrected chi connectivity index (χ3v) is 4.21. The van der Waals surface area contributed by atoms with E-state index in [1.807, 2.05) is 19.1 Å². The Balaban J connectivity index is 1.88. The van der Waals surface area contributed by atoms with Crippen LogP contribution in [0, 0.1) is 18.6 Å². The number of benzene rings is 2. The standard InChI is InChI=1S/C20H23F2NO/c1-14-7-10-16(11-8-14)20(2,3)13-23-18(24)12-9-15-5-4-6-17(21)19(15)22/h4-8,10-11H,9,12-13H2,1-3H3,(H,23,24). The zero-order chi connectivity index (χ0) is 17.7. The first-order chi connectivity index (χ1) is 11.3. The van der Waals surface area contributed by atoms with Crippen molar-refractivity contribution in [3.63, 3.8) is 0 Å². The van der Waals surface area contributed by atoms with Gasteiger partial charge in [-0.3, -0.25) is 4.79 Å². The van der Waals surface area contributed by atoms with Crippen molar-refractivity contribution < 1.29 is 13.6 Å². The molecule has 0 radical (unpaired) electrons. The molecule has 0 aliphatic rings. The minimum absolute atomic E-state index is 0.129. The van der Waals surface area contributed by atoms with Gasteiger partial charge in [-0.2, -0.15) is 0 Å². The summed E-state index contributed by atoms with van der Waals surface area (Å²) in [5, 5.41) is 2.89. The Kier molecular flexibility index (Phi) is 5.71. The quantitative estimate of drug-likeness (QED) is 0.840. The third kappa shape index (κ3) is 4.63. The Bertz CT molecular complexity index is 708. The summed E-state index contributed by atoms with van der Waals surface area (Å²) in [6.07, 6.45) is 0.310. The number of carbonyl (C=O) groups is 1. The highest BCUT2D eigenvalue weighted by atomic mass is 19.2. The fourth-order valence-corrected chi connectivity index (χ4v) is 2.50. The molecule has 0 spiro atoms. The molecule has 1 amide bonds. The number of amides is 1. The summed E-state index contributed by atoms with van der Waals surface area (Å²) >= 11 is 0. The fraction of sp³-hybridized carbons (Fsp3) is 0.350. The highest BCUT2D eigenvalue weighted by Gasteiger charge is 2.21. The van der Waals surface area contributed by atoms with Gasteiger partial charge in [0.15, 0.2) is 11.6 Å². The Labute approximate surface area is 141 Å². The largest absolute Gasteiger partial charge is 0.355 e. The van der Waals surface area contributed by atoms with Crippen LogP contribution in [0.4, 0.5) is 8.78 Å². The molecule has 4 heteroatoms. The molecule has 24 heavy (non-hydrogen) atoms. The van der Waals surface area contributed by atoms with Crippen molar-refractivity contribution in [1.29, 1.82) is 0 Å². The van der Waals surface area contributed by atoms with E-state index in [0.717, 1.165) is 11.6 Å². The smallest absolute Gasteiger partial charge is 0.220 e. The van der Waals surface area contributed by atoms with Crippen molar-refractivity contribution in [3.05, 3.63) is 70.8 Å². The van der Waals surface area contributed by atoms with Crippen LogP contribution in [0.25, 0.3) is 0 Å². The number of carbonyl (C=O) groups excluding carboxylic acids is 1. The van der Waals surface area contributed by atoms with E-state index in [9.17, 15) is 13.6 Å². The lowest BCUT2D eigenvalue weighted by Gasteiger charge is -2.26. The molecule has 0 fully saturated rings. The van der Waals surface area contributed by atoms with Crippen LogP contribution >= 0.6 is 0 Å². The zero-order valence-electron chi connectivity index (χ0n) is 14.3. The molecular formula is C20H23F2NO. The summed E-state index contributed by atoms with van der Waals surface area (Å²) in [4.78, 5) is 12.0. The van der Waals surface area contributed by atoms with Crippen molar-refractivity contribution in [2.24, 2.45) is 0 Å². The second-order valence-corrected chi connectivity index (χ2v) is 6.74. The van der Waals surface area contributed by atoms with Crippen LogP contribution in [0.5, 0.6) is 0 Å². The molecule has 0 bridgehead atoms. The van der Waals surface area contributed by atoms with Gasteiger partial charge in [0, 0.05) is 18.4 Å². The molecular weight excluding hydrogens is 308 g/mol. The lowest BCUT2D eigenvalue weighted by atomic mass is 9.84. The molecule has 2 aromatic carbocycles. The van der Waals surface area contributed by atoms with Crippen LogP contribution < -0.4 is 5.32 Å². The normalized spacial score (nSPS) is 11.4. The van der Waals surface area contributed by atoms with E-state index in [2.05, 4.69) is 31.3 Å². The lowest BCUT2D eigenvalue weighted by molar-refractivity contribution is -0.121. The highest BCUT2D eigenvalue weighted by Crippen LogP contribution is 2.22. The van der Waals surface area contributed by atoms with Gasteiger partial charge >= 0.3 is 0 Å². The van der Waals surface area contributed by atoms with Gasteiger partial charge in [-0.25, -0.2) is 8.78 Å². The Morgan fingerprint density at radius 1 is 1.08 bits per heavy atom. The molecule has 0 atom stereocenters. The Morgan fingerprint density at radius 3 is 2.42 bits per heavy atom. The topological polar surface area (TPSA) is 29.1 Å². The van der Waals surface area contributed by atoms with Crippen molar-refractivity contribution in [1.82, 2.24) is 5.32 Å². The summed E-state index contributed by atoms with van der Waals surface area (Å²) in [7, 11) is 0. The van der Waals surface area contributed by atoms with Crippen LogP contribution in [-0.4, -0.2) is 12.5 Å². The molecule has 0 heterocycles. The van der Waals surface area contributed by atoms with Gasteiger partial charge in [0.1, 0.15) is 0 Å². The molecule has 0 aliphatic carbocycles. The number of hydrogen-bond acceptors (Lipinski definition) is 1. The molecule has 0 saturated carbocycles. The van der Waals surface area contributed by atoms with Crippen LogP contribution in [0.3, 0.4) is 0 Å². The summed E-state index contributed by atoms with van der Waals surface area (Å²) < 4.78 is 26.7. The van der Waals surface area contributed by atoms with Gasteiger partial charge in [-0.15, -0.1) is 0 Å². The number of hydrogen-bond donors (Lipinski definition) is 1. The van der Waals surface area contributed by atoms with Gasteiger partial charge in [0.2, 0.25) is 5.91 Å². The van der Waals surface area contributed by atoms with Gasteiger partial charge in [-0.1, -0.05) is 55.8 Å². The molecule has 128 valence electrons. The summed E-state index contributed by atoms with van der Waals surface area (Å²) in [5.74, 6) is -1.92. The first-order valence-electron chi connectivity index (χ1n) is 8.06. The minimum Gasteiger partial charge on any atom is -0.355 e. The van der Waals surface area contributed by atoms with Crippen LogP contribution in [-0.2, 0) is 16.6 Å². The fourth-order valence-electron chi connectivity index (χ4n) is 2.50. The predicted molar refractivity (Wildman–Crippen MR) is 91.9 cm³/mol. The molecule has 1 N–H and O–H groups in total. The van der Waals surface area contributed by atoms with E-state index >= 15 is 0 Å². The SMILES string of the molecule is Cc1ccc(C(C)(C)CNC(=O)CCc2cccc(F)c2F)cc1. The van der Waals surface area contributed by atoms with E-state index in [4.69, 9.17) is 0 Å². The Hall–Kier alpha value is -2.23. The molecule has 2 aromatic rings. The van der Waals surface area contributed by atoms with Gasteiger partial charge < -0.3 is 5.32 Å². The first-order valence-corrected chi connectivity index (χ1v) is 8.06. The predicted octanol–water partition coefficient (Wildman–Crippen LogP) is 4.30. The maximum atomic E-state index is 13.6. The van der Waals surface area contributed by atoms with Crippen molar-refractivity contribution in [2.45, 2.75) is 39.0 Å². The molecule has 0 aliphatic heterocycles. The number of rotatable bonds is 6. The number of aryl methyl sites for hydroxylation is 2.